The molecule has 2 bridgehead atoms. The first-order valence-corrected chi connectivity index (χ1v) is 6.01. The maximum absolute atomic E-state index is 11.8. The first-order chi connectivity index (χ1) is 7.74. The van der Waals surface area contributed by atoms with E-state index in [1.165, 1.54) is 16.7 Å². The van der Waals surface area contributed by atoms with Crippen molar-refractivity contribution in [1.29, 1.82) is 0 Å². The van der Waals surface area contributed by atoms with Crippen LogP contribution in [-0.4, -0.2) is 5.78 Å². The summed E-state index contributed by atoms with van der Waals surface area (Å²) in [5, 5.41) is 0. The maximum atomic E-state index is 11.8. The summed E-state index contributed by atoms with van der Waals surface area (Å²) in [5.41, 5.74) is 4.12. The maximum Gasteiger partial charge on any atom is 0.134 e. The molecule has 0 amide bonds. The molecule has 1 nitrogen and oxygen atoms in total. The molecule has 0 radical (unpaired) electrons. The zero-order valence-electron chi connectivity index (χ0n) is 9.41. The molecule has 0 N–H and O–H groups in total. The van der Waals surface area contributed by atoms with E-state index in [9.17, 15) is 4.79 Å². The number of carbonyl (C=O) groups is 1. The Kier molecular flexibility index (Phi) is 2.20. The van der Waals surface area contributed by atoms with Crippen molar-refractivity contribution < 1.29 is 4.79 Å². The molecular weight excluding hydrogens is 196 g/mol. The van der Waals surface area contributed by atoms with E-state index in [1.807, 2.05) is 0 Å². The van der Waals surface area contributed by atoms with Gasteiger partial charge in [-0.2, -0.15) is 0 Å². The molecule has 0 saturated carbocycles. The third-order valence-corrected chi connectivity index (χ3v) is 3.89. The van der Waals surface area contributed by atoms with Crippen LogP contribution in [0.1, 0.15) is 48.6 Å². The predicted molar refractivity (Wildman–Crippen MR) is 64.5 cm³/mol. The highest BCUT2D eigenvalue weighted by molar-refractivity contribution is 5.81. The van der Waals surface area contributed by atoms with Crippen LogP contribution in [0.25, 0.3) is 0 Å². The summed E-state index contributed by atoms with van der Waals surface area (Å²) < 4.78 is 0. The fourth-order valence-corrected chi connectivity index (χ4v) is 3.25. The van der Waals surface area contributed by atoms with Gasteiger partial charge in [-0.3, -0.25) is 4.79 Å². The molecule has 0 saturated heterocycles. The van der Waals surface area contributed by atoms with Gasteiger partial charge in [0.1, 0.15) is 5.78 Å². The van der Waals surface area contributed by atoms with Crippen LogP contribution in [0, 0.1) is 0 Å². The van der Waals surface area contributed by atoms with Crippen molar-refractivity contribution >= 4 is 5.78 Å². The summed E-state index contributed by atoms with van der Waals surface area (Å²) in [6, 6.07) is 8.58. The Morgan fingerprint density at radius 3 is 1.94 bits per heavy atom. The number of Topliss-reactive ketones (excluding diaryl/α,β-unsaturated/α-hetero) is 1. The van der Waals surface area contributed by atoms with Crippen LogP contribution < -0.4 is 0 Å². The van der Waals surface area contributed by atoms with E-state index < -0.39 is 0 Å². The van der Waals surface area contributed by atoms with Crippen molar-refractivity contribution in [1.82, 2.24) is 0 Å². The normalized spacial score (nSPS) is 28.5. The average molecular weight is 212 g/mol. The van der Waals surface area contributed by atoms with Crippen LogP contribution in [0.15, 0.2) is 36.4 Å². The second-order valence-electron chi connectivity index (χ2n) is 5.13. The van der Waals surface area contributed by atoms with Crippen molar-refractivity contribution in [2.75, 3.05) is 0 Å². The Morgan fingerprint density at radius 1 is 0.938 bits per heavy atom. The summed E-state index contributed by atoms with van der Waals surface area (Å²) in [7, 11) is 0. The minimum Gasteiger partial charge on any atom is -0.300 e. The van der Waals surface area contributed by atoms with Gasteiger partial charge in [-0.25, -0.2) is 0 Å². The molecule has 2 aliphatic rings. The molecule has 82 valence electrons. The van der Waals surface area contributed by atoms with Crippen LogP contribution >= 0.6 is 0 Å². The number of allylic oxidation sites excluding steroid dienone is 1. The second-order valence-corrected chi connectivity index (χ2v) is 5.13. The van der Waals surface area contributed by atoms with Gasteiger partial charge in [0, 0.05) is 12.8 Å². The molecule has 2 unspecified atom stereocenters. The number of rotatable bonds is 0. The van der Waals surface area contributed by atoms with Gasteiger partial charge >= 0.3 is 0 Å². The summed E-state index contributed by atoms with van der Waals surface area (Å²) >= 11 is 0. The van der Waals surface area contributed by atoms with Crippen LogP contribution in [-0.2, 0) is 4.79 Å². The van der Waals surface area contributed by atoms with Gasteiger partial charge in [0.2, 0.25) is 0 Å². The molecule has 16 heavy (non-hydrogen) atoms. The summed E-state index contributed by atoms with van der Waals surface area (Å²) in [4.78, 5) is 11.8. The van der Waals surface area contributed by atoms with Gasteiger partial charge in [-0.05, 0) is 35.8 Å². The van der Waals surface area contributed by atoms with Gasteiger partial charge in [0.25, 0.3) is 0 Å². The molecule has 0 aliphatic heterocycles. The Bertz CT molecular complexity index is 399. The largest absolute Gasteiger partial charge is 0.300 e. The fraction of sp³-hybridized carbons (Fsp3) is 0.400. The molecule has 1 heteroatoms. The topological polar surface area (TPSA) is 17.1 Å². The molecular formula is C15H16O. The zero-order valence-corrected chi connectivity index (χ0v) is 9.41. The molecule has 2 aliphatic carbocycles. The lowest BCUT2D eigenvalue weighted by Crippen LogP contribution is -2.09. The lowest BCUT2D eigenvalue weighted by Gasteiger charge is -2.17. The highest BCUT2D eigenvalue weighted by atomic mass is 16.1. The summed E-state index contributed by atoms with van der Waals surface area (Å²) in [5.74, 6) is 1.21. The second kappa shape index (κ2) is 3.58. The molecule has 0 heterocycles. The number of ketones is 1. The third-order valence-electron chi connectivity index (χ3n) is 3.89. The van der Waals surface area contributed by atoms with E-state index in [4.69, 9.17) is 0 Å². The molecule has 1 aromatic carbocycles. The van der Waals surface area contributed by atoms with E-state index in [0.29, 0.717) is 30.5 Å². The predicted octanol–water partition coefficient (Wildman–Crippen LogP) is 3.57. The lowest BCUT2D eigenvalue weighted by molar-refractivity contribution is -0.119. The molecule has 0 aromatic heterocycles. The van der Waals surface area contributed by atoms with Gasteiger partial charge in [-0.15, -0.1) is 0 Å². The van der Waals surface area contributed by atoms with Crippen molar-refractivity contribution in [2.45, 2.75) is 37.5 Å². The highest BCUT2D eigenvalue weighted by Gasteiger charge is 2.32. The third kappa shape index (κ3) is 1.51. The van der Waals surface area contributed by atoms with E-state index in [-0.39, 0.29) is 0 Å². The van der Waals surface area contributed by atoms with Crippen LogP contribution in [0.3, 0.4) is 0 Å². The molecule has 0 fully saturated rings. The lowest BCUT2D eigenvalue weighted by atomic mass is 9.87. The van der Waals surface area contributed by atoms with Crippen molar-refractivity contribution in [3.8, 4) is 0 Å². The Labute approximate surface area is 96.2 Å². The summed E-state index contributed by atoms with van der Waals surface area (Å²) in [6.07, 6.45) is 3.43. The SMILES string of the molecule is C=C1CC2CC(=O)CC(C1)c1ccccc12. The molecule has 0 spiro atoms. The highest BCUT2D eigenvalue weighted by Crippen LogP contribution is 2.45. The van der Waals surface area contributed by atoms with Gasteiger partial charge in [0.05, 0.1) is 0 Å². The smallest absolute Gasteiger partial charge is 0.134 e. The van der Waals surface area contributed by atoms with Crippen molar-refractivity contribution in [3.05, 3.63) is 47.5 Å². The summed E-state index contributed by atoms with van der Waals surface area (Å²) in [6.45, 7) is 4.15. The fourth-order valence-electron chi connectivity index (χ4n) is 3.25. The quantitative estimate of drug-likeness (QED) is 0.601. The van der Waals surface area contributed by atoms with Gasteiger partial charge in [-0.1, -0.05) is 36.4 Å². The minimum absolute atomic E-state index is 0.392. The minimum atomic E-state index is 0.392. The zero-order chi connectivity index (χ0) is 11.1. The van der Waals surface area contributed by atoms with Crippen LogP contribution in [0.2, 0.25) is 0 Å². The van der Waals surface area contributed by atoms with Gasteiger partial charge < -0.3 is 0 Å². The molecule has 1 aromatic rings. The van der Waals surface area contributed by atoms with E-state index in [0.717, 1.165) is 12.8 Å². The first-order valence-electron chi connectivity index (χ1n) is 6.01. The Morgan fingerprint density at radius 2 is 1.44 bits per heavy atom. The van der Waals surface area contributed by atoms with Crippen LogP contribution in [0.4, 0.5) is 0 Å². The van der Waals surface area contributed by atoms with Crippen LogP contribution in [0.5, 0.6) is 0 Å². The van der Waals surface area contributed by atoms with E-state index in [1.54, 1.807) is 0 Å². The Balaban J connectivity index is 2.16. The number of hydrogen-bond acceptors (Lipinski definition) is 1. The standard InChI is InChI=1S/C15H16O/c1-10-6-11-8-13(16)9-12(7-10)15-5-3-2-4-14(11)15/h2-5,11-12H,1,6-9H2. The monoisotopic (exact) mass is 212 g/mol. The van der Waals surface area contributed by atoms with Gasteiger partial charge in [0.15, 0.2) is 0 Å². The number of hydrogen-bond donors (Lipinski definition) is 0. The Hall–Kier alpha value is -1.37. The van der Waals surface area contributed by atoms with Crippen molar-refractivity contribution in [2.24, 2.45) is 0 Å². The molecule has 3 rings (SSSR count). The van der Waals surface area contributed by atoms with E-state index >= 15 is 0 Å². The average Bonchev–Trinajstić information content (AvgIpc) is 2.44. The number of carbonyl (C=O) groups excluding carboxylic acids is 1. The van der Waals surface area contributed by atoms with E-state index in [2.05, 4.69) is 30.8 Å². The molecule has 2 atom stereocenters. The van der Waals surface area contributed by atoms with Crippen molar-refractivity contribution in [3.63, 3.8) is 0 Å². The number of benzene rings is 1. The first kappa shape index (κ1) is 9.83.